The maximum atomic E-state index is 14.4. The maximum absolute atomic E-state index is 14.4. The van der Waals surface area contributed by atoms with E-state index in [0.29, 0.717) is 24.3 Å². The van der Waals surface area contributed by atoms with E-state index in [0.717, 1.165) is 4.90 Å². The number of ether oxygens (including phenoxy) is 1. The van der Waals surface area contributed by atoms with Crippen LogP contribution in [0.5, 0.6) is 0 Å². The Labute approximate surface area is 162 Å². The third-order valence-electron chi connectivity index (χ3n) is 4.98. The van der Waals surface area contributed by atoms with E-state index in [4.69, 9.17) is 4.74 Å². The van der Waals surface area contributed by atoms with Crippen LogP contribution in [0.4, 0.5) is 14.5 Å². The molecule has 0 saturated carbocycles. The molecule has 156 valence electrons. The molecular formula is C18H26F2N4O4. The zero-order valence-electron chi connectivity index (χ0n) is 15.7. The summed E-state index contributed by atoms with van der Waals surface area (Å²) in [4.78, 5) is 13.7. The quantitative estimate of drug-likeness (QED) is 0.484. The largest absolute Gasteiger partial charge is 0.363 e. The molecule has 2 saturated heterocycles. The zero-order valence-corrected chi connectivity index (χ0v) is 15.7. The lowest BCUT2D eigenvalue weighted by molar-refractivity contribution is -0.212. The van der Waals surface area contributed by atoms with Crippen LogP contribution in [0.1, 0.15) is 12.5 Å². The second kappa shape index (κ2) is 8.26. The number of carbonyl (C=O) groups is 1. The Hall–Kier alpha value is -1.85. The molecule has 0 spiro atoms. The summed E-state index contributed by atoms with van der Waals surface area (Å²) in [6.45, 7) is 1.49. The van der Waals surface area contributed by atoms with Crippen molar-refractivity contribution in [3.05, 3.63) is 29.8 Å². The molecule has 10 heteroatoms. The predicted octanol–water partition coefficient (Wildman–Crippen LogP) is -0.379. The van der Waals surface area contributed by atoms with Crippen LogP contribution in [0.3, 0.4) is 0 Å². The fraction of sp³-hybridized carbons (Fsp3) is 0.611. The highest BCUT2D eigenvalue weighted by Crippen LogP contribution is 2.30. The number of hydrogen-bond donors (Lipinski definition) is 4. The molecule has 3 rings (SSSR count). The van der Waals surface area contributed by atoms with Crippen molar-refractivity contribution >= 4 is 11.6 Å². The van der Waals surface area contributed by atoms with Crippen LogP contribution >= 0.6 is 0 Å². The van der Waals surface area contributed by atoms with E-state index in [1.54, 1.807) is 29.2 Å². The number of aliphatic hydroxyl groups is 2. The highest BCUT2D eigenvalue weighted by molar-refractivity contribution is 5.72. The average molecular weight is 400 g/mol. The van der Waals surface area contributed by atoms with E-state index in [1.807, 2.05) is 0 Å². The number of nitrogens with zero attached hydrogens (tertiary/aromatic N) is 2. The molecule has 0 aliphatic carbocycles. The van der Waals surface area contributed by atoms with Crippen molar-refractivity contribution in [1.29, 1.82) is 0 Å². The molecule has 3 atom stereocenters. The first-order valence-corrected chi connectivity index (χ1v) is 9.21. The zero-order chi connectivity index (χ0) is 20.4. The summed E-state index contributed by atoms with van der Waals surface area (Å²) in [5.41, 5.74) is 1.13. The van der Waals surface area contributed by atoms with Gasteiger partial charge in [0.05, 0.1) is 12.6 Å². The van der Waals surface area contributed by atoms with Gasteiger partial charge in [-0.15, -0.1) is 0 Å². The second-order valence-corrected chi connectivity index (χ2v) is 7.07. The van der Waals surface area contributed by atoms with Gasteiger partial charge in [0, 0.05) is 50.9 Å². The van der Waals surface area contributed by atoms with Crippen LogP contribution in [0, 0.1) is 0 Å². The van der Waals surface area contributed by atoms with Crippen LogP contribution in [0.2, 0.25) is 0 Å². The number of carbonyl (C=O) groups excluding carboxylic acids is 1. The number of nitrogens with one attached hydrogen (secondary N) is 2. The summed E-state index contributed by atoms with van der Waals surface area (Å²) in [5, 5.41) is 26.1. The number of alkyl halides is 2. The Morgan fingerprint density at radius 2 is 2.07 bits per heavy atom. The molecule has 1 amide bonds. The van der Waals surface area contributed by atoms with Gasteiger partial charge < -0.3 is 25.2 Å². The van der Waals surface area contributed by atoms with Crippen molar-refractivity contribution in [2.45, 2.75) is 24.9 Å². The monoisotopic (exact) mass is 400 g/mol. The Morgan fingerprint density at radius 3 is 2.68 bits per heavy atom. The molecule has 1 aromatic rings. The number of piperazine rings is 1. The summed E-state index contributed by atoms with van der Waals surface area (Å²) < 4.78 is 32.5. The summed E-state index contributed by atoms with van der Waals surface area (Å²) in [6.07, 6.45) is -0.376. The first-order valence-electron chi connectivity index (χ1n) is 9.21. The van der Waals surface area contributed by atoms with Crippen molar-refractivity contribution in [3.8, 4) is 0 Å². The Balaban J connectivity index is 1.63. The van der Waals surface area contributed by atoms with E-state index in [-0.39, 0.29) is 38.2 Å². The van der Waals surface area contributed by atoms with Crippen molar-refractivity contribution < 1.29 is 28.5 Å². The first-order chi connectivity index (χ1) is 13.2. The van der Waals surface area contributed by atoms with Gasteiger partial charge in [0.1, 0.15) is 6.67 Å². The molecule has 4 N–H and O–H groups in total. The highest BCUT2D eigenvalue weighted by atomic mass is 19.2. The smallest absolute Gasteiger partial charge is 0.284 e. The Morgan fingerprint density at radius 1 is 1.36 bits per heavy atom. The van der Waals surface area contributed by atoms with Gasteiger partial charge in [0.15, 0.2) is 0 Å². The van der Waals surface area contributed by atoms with Crippen LogP contribution in [-0.2, 0) is 15.4 Å². The molecule has 0 radical (unpaired) electrons. The number of amides is 1. The van der Waals surface area contributed by atoms with Crippen LogP contribution in [0.15, 0.2) is 24.3 Å². The lowest BCUT2D eigenvalue weighted by Gasteiger charge is -2.43. The molecule has 2 aliphatic heterocycles. The Bertz CT molecular complexity index is 691. The predicted molar refractivity (Wildman–Crippen MR) is 97.7 cm³/mol. The fourth-order valence-corrected chi connectivity index (χ4v) is 3.46. The number of rotatable bonds is 6. The SMILES string of the molecule is CC(=O)NCC1CNC(O)(c2ccc(N3CCN(CCF)C(O)(F)C3)cc2)O1. The molecule has 0 aromatic heterocycles. The molecule has 28 heavy (non-hydrogen) atoms. The number of halogens is 2. The number of β-amino-alcohol motifs (C(OH)–C–C–N with tert-alkyl or cyclic N) is 1. The van der Waals surface area contributed by atoms with Crippen LogP contribution in [0.25, 0.3) is 0 Å². The van der Waals surface area contributed by atoms with Crippen molar-refractivity contribution in [2.75, 3.05) is 50.8 Å². The van der Waals surface area contributed by atoms with Gasteiger partial charge >= 0.3 is 0 Å². The van der Waals surface area contributed by atoms with E-state index in [9.17, 15) is 23.8 Å². The van der Waals surface area contributed by atoms with E-state index in [2.05, 4.69) is 10.6 Å². The minimum atomic E-state index is -2.60. The first kappa shape index (κ1) is 20.9. The van der Waals surface area contributed by atoms with Gasteiger partial charge in [-0.05, 0) is 12.1 Å². The van der Waals surface area contributed by atoms with Crippen molar-refractivity contribution in [2.24, 2.45) is 0 Å². The minimum absolute atomic E-state index is 0.157. The fourth-order valence-electron chi connectivity index (χ4n) is 3.46. The molecular weight excluding hydrogens is 374 g/mol. The minimum Gasteiger partial charge on any atom is -0.363 e. The van der Waals surface area contributed by atoms with Crippen molar-refractivity contribution in [1.82, 2.24) is 15.5 Å². The van der Waals surface area contributed by atoms with Crippen molar-refractivity contribution in [3.63, 3.8) is 0 Å². The lowest BCUT2D eigenvalue weighted by Crippen LogP contribution is -2.60. The summed E-state index contributed by atoms with van der Waals surface area (Å²) in [6, 6.07) is 6.68. The third kappa shape index (κ3) is 4.58. The summed E-state index contributed by atoms with van der Waals surface area (Å²) in [5.74, 6) is -4.46. The van der Waals surface area contributed by atoms with Crippen LogP contribution < -0.4 is 15.5 Å². The molecule has 0 bridgehead atoms. The second-order valence-electron chi connectivity index (χ2n) is 7.07. The third-order valence-corrected chi connectivity index (χ3v) is 4.98. The highest BCUT2D eigenvalue weighted by Gasteiger charge is 2.41. The van der Waals surface area contributed by atoms with Gasteiger partial charge in [-0.3, -0.25) is 10.1 Å². The maximum Gasteiger partial charge on any atom is 0.284 e. The van der Waals surface area contributed by atoms with E-state index in [1.165, 1.54) is 6.92 Å². The van der Waals surface area contributed by atoms with Gasteiger partial charge in [0.2, 0.25) is 5.91 Å². The van der Waals surface area contributed by atoms with Gasteiger partial charge in [0.25, 0.3) is 11.9 Å². The standard InChI is InChI=1S/C18H26F2N4O4/c1-13(25)21-10-16-11-22-18(27,28-16)14-2-4-15(5-3-14)23-8-9-24(7-6-19)17(20,26)12-23/h2-5,16,22,26-27H,6-12H2,1H3,(H,21,25). The average Bonchev–Trinajstić information content (AvgIpc) is 3.04. The van der Waals surface area contributed by atoms with Crippen LogP contribution in [-0.4, -0.2) is 79.0 Å². The lowest BCUT2D eigenvalue weighted by atomic mass is 10.1. The molecule has 8 nitrogen and oxygen atoms in total. The van der Waals surface area contributed by atoms with Gasteiger partial charge in [-0.25, -0.2) is 9.29 Å². The molecule has 1 aromatic carbocycles. The number of benzene rings is 1. The summed E-state index contributed by atoms with van der Waals surface area (Å²) >= 11 is 0. The van der Waals surface area contributed by atoms with E-state index < -0.39 is 18.6 Å². The summed E-state index contributed by atoms with van der Waals surface area (Å²) in [7, 11) is 0. The number of anilines is 1. The topological polar surface area (TPSA) is 97.3 Å². The van der Waals surface area contributed by atoms with Gasteiger partial charge in [-0.1, -0.05) is 12.1 Å². The van der Waals surface area contributed by atoms with E-state index >= 15 is 0 Å². The molecule has 2 fully saturated rings. The molecule has 2 heterocycles. The molecule has 2 aliphatic rings. The normalized spacial score (nSPS) is 31.2. The molecule has 3 unspecified atom stereocenters. The Kier molecular flexibility index (Phi) is 6.15. The van der Waals surface area contributed by atoms with Gasteiger partial charge in [-0.2, -0.15) is 4.39 Å². The number of hydrogen-bond acceptors (Lipinski definition) is 7.